The van der Waals surface area contributed by atoms with Crippen LogP contribution in [0.25, 0.3) is 4.96 Å². The Labute approximate surface area is 182 Å². The highest BCUT2D eigenvalue weighted by Crippen LogP contribution is 2.28. The zero-order valence-corrected chi connectivity index (χ0v) is 18.5. The van der Waals surface area contributed by atoms with E-state index < -0.39 is 28.1 Å². The third-order valence-electron chi connectivity index (χ3n) is 5.31. The first-order valence-corrected chi connectivity index (χ1v) is 11.9. The van der Waals surface area contributed by atoms with Gasteiger partial charge in [0.25, 0.3) is 5.56 Å². The summed E-state index contributed by atoms with van der Waals surface area (Å²) >= 11 is 1.27. The number of thiazole rings is 1. The molecule has 2 aromatic heterocycles. The average molecular weight is 464 g/mol. The quantitative estimate of drug-likeness (QED) is 0.566. The van der Waals surface area contributed by atoms with Crippen molar-refractivity contribution >= 4 is 32.3 Å². The molecule has 1 aliphatic rings. The number of rotatable bonds is 5. The van der Waals surface area contributed by atoms with Crippen LogP contribution in [0, 0.1) is 13.8 Å². The molecule has 3 heterocycles. The Kier molecular flexibility index (Phi) is 5.69. The summed E-state index contributed by atoms with van der Waals surface area (Å²) in [6, 6.07) is 4.84. The minimum absolute atomic E-state index is 0.0559. The number of aryl methyl sites for hydroxylation is 2. The van der Waals surface area contributed by atoms with Crippen molar-refractivity contribution in [2.24, 2.45) is 0 Å². The normalized spacial score (nSPS) is 19.7. The van der Waals surface area contributed by atoms with Crippen LogP contribution in [0.1, 0.15) is 23.2 Å². The monoisotopic (exact) mass is 463 g/mol. The van der Waals surface area contributed by atoms with Gasteiger partial charge in [-0.25, -0.2) is 13.4 Å². The molecule has 0 aliphatic carbocycles. The largest absolute Gasteiger partial charge is 0.458 e. The van der Waals surface area contributed by atoms with Gasteiger partial charge in [-0.2, -0.15) is 4.31 Å². The van der Waals surface area contributed by atoms with Gasteiger partial charge in [-0.15, -0.1) is 11.3 Å². The number of ether oxygens (including phenoxy) is 1. The first-order chi connectivity index (χ1) is 14.7. The summed E-state index contributed by atoms with van der Waals surface area (Å²) in [5, 5.41) is 11.8. The van der Waals surface area contributed by atoms with Crippen LogP contribution in [-0.2, 0) is 26.2 Å². The minimum Gasteiger partial charge on any atom is -0.458 e. The highest BCUT2D eigenvalue weighted by molar-refractivity contribution is 7.89. The molecule has 1 fully saturated rings. The van der Waals surface area contributed by atoms with Crippen molar-refractivity contribution in [3.05, 3.63) is 63.0 Å². The van der Waals surface area contributed by atoms with E-state index in [9.17, 15) is 23.1 Å². The van der Waals surface area contributed by atoms with Gasteiger partial charge in [0.2, 0.25) is 10.0 Å². The van der Waals surface area contributed by atoms with Gasteiger partial charge in [0.1, 0.15) is 12.6 Å². The summed E-state index contributed by atoms with van der Waals surface area (Å²) < 4.78 is 33.9. The van der Waals surface area contributed by atoms with Crippen LogP contribution in [0.15, 0.2) is 45.5 Å². The van der Waals surface area contributed by atoms with Gasteiger partial charge < -0.3 is 9.84 Å². The van der Waals surface area contributed by atoms with Gasteiger partial charge in [-0.05, 0) is 37.1 Å². The summed E-state index contributed by atoms with van der Waals surface area (Å²) in [6.45, 7) is 3.21. The van der Waals surface area contributed by atoms with Crippen LogP contribution in [0.2, 0.25) is 0 Å². The Morgan fingerprint density at radius 1 is 1.29 bits per heavy atom. The second kappa shape index (κ2) is 8.15. The van der Waals surface area contributed by atoms with Crippen molar-refractivity contribution in [2.75, 3.05) is 6.54 Å². The Balaban J connectivity index is 1.54. The first-order valence-electron chi connectivity index (χ1n) is 9.56. The highest BCUT2D eigenvalue weighted by atomic mass is 32.2. The van der Waals surface area contributed by atoms with Crippen LogP contribution in [-0.4, -0.2) is 51.9 Å². The average Bonchev–Trinajstić information content (AvgIpc) is 3.35. The smallest absolute Gasteiger partial charge is 0.324 e. The number of fused-ring (bicyclic) bond motifs is 1. The zero-order valence-electron chi connectivity index (χ0n) is 16.9. The maximum atomic E-state index is 13.1. The molecule has 0 saturated carbocycles. The van der Waals surface area contributed by atoms with Crippen LogP contribution in [0.3, 0.4) is 0 Å². The maximum Gasteiger partial charge on any atom is 0.324 e. The number of hydrogen-bond donors (Lipinski definition) is 1. The molecule has 4 rings (SSSR count). The fourth-order valence-electron chi connectivity index (χ4n) is 3.48. The Morgan fingerprint density at radius 2 is 2.06 bits per heavy atom. The molecule has 0 amide bonds. The minimum atomic E-state index is -4.01. The zero-order chi connectivity index (χ0) is 22.3. The van der Waals surface area contributed by atoms with Crippen molar-refractivity contribution in [3.63, 3.8) is 0 Å². The molecule has 1 saturated heterocycles. The van der Waals surface area contributed by atoms with Crippen molar-refractivity contribution in [3.8, 4) is 0 Å². The lowest BCUT2D eigenvalue weighted by atomic mass is 10.1. The van der Waals surface area contributed by atoms with Crippen molar-refractivity contribution in [2.45, 2.75) is 43.9 Å². The number of sulfonamides is 1. The van der Waals surface area contributed by atoms with Crippen molar-refractivity contribution < 1.29 is 23.1 Å². The van der Waals surface area contributed by atoms with Crippen LogP contribution in [0.4, 0.5) is 0 Å². The summed E-state index contributed by atoms with van der Waals surface area (Å²) in [6.07, 6.45) is 0.549. The summed E-state index contributed by atoms with van der Waals surface area (Å²) in [4.78, 5) is 29.6. The number of carbonyl (C=O) groups excluding carboxylic acids is 1. The van der Waals surface area contributed by atoms with E-state index in [4.69, 9.17) is 4.74 Å². The lowest BCUT2D eigenvalue weighted by molar-refractivity contribution is -0.149. The molecular formula is C20H21N3O6S2. The lowest BCUT2D eigenvalue weighted by Crippen LogP contribution is -2.41. The van der Waals surface area contributed by atoms with Crippen LogP contribution < -0.4 is 5.56 Å². The second-order valence-corrected chi connectivity index (χ2v) is 10.2. The first kappa shape index (κ1) is 21.6. The topological polar surface area (TPSA) is 118 Å². The van der Waals surface area contributed by atoms with Gasteiger partial charge in [-0.3, -0.25) is 14.0 Å². The number of carbonyl (C=O) groups is 1. The third kappa shape index (κ3) is 4.13. The van der Waals surface area contributed by atoms with Gasteiger partial charge in [-0.1, -0.05) is 6.07 Å². The molecule has 2 atom stereocenters. The van der Waals surface area contributed by atoms with Crippen LogP contribution in [0.5, 0.6) is 0 Å². The molecule has 3 aromatic rings. The number of hydrogen-bond acceptors (Lipinski definition) is 8. The van der Waals surface area contributed by atoms with E-state index in [0.29, 0.717) is 4.96 Å². The number of β-amino-alcohol motifs (C(OH)–C–C–N with tert-alkyl or cyclic N) is 1. The Morgan fingerprint density at radius 3 is 2.81 bits per heavy atom. The third-order valence-corrected chi connectivity index (χ3v) is 7.94. The van der Waals surface area contributed by atoms with E-state index >= 15 is 0 Å². The second-order valence-electron chi connectivity index (χ2n) is 7.48. The number of benzene rings is 1. The lowest BCUT2D eigenvalue weighted by Gasteiger charge is -2.22. The van der Waals surface area contributed by atoms with E-state index in [2.05, 4.69) is 4.98 Å². The number of aromatic nitrogens is 2. The fraction of sp³-hybridized carbons (Fsp3) is 0.350. The standard InChI is InChI=1S/C20H21N3O6S2/c1-12-3-4-16(7-13(12)2)31(27,28)23-10-15(24)9-17(23)19(26)29-11-14-8-18(25)22-5-6-30-20(22)21-14/h3-8,15,17,24H,9-11H2,1-2H3/t15?,17-/m0/s1. The summed E-state index contributed by atoms with van der Waals surface area (Å²) in [7, 11) is -4.01. The van der Waals surface area contributed by atoms with Gasteiger partial charge >= 0.3 is 5.97 Å². The Hall–Kier alpha value is -2.60. The molecule has 0 radical (unpaired) electrons. The Bertz CT molecular complexity index is 1310. The summed E-state index contributed by atoms with van der Waals surface area (Å²) in [5.74, 6) is -0.794. The SMILES string of the molecule is Cc1ccc(S(=O)(=O)N2CC(O)C[C@H]2C(=O)OCc2cc(=O)n3ccsc3n2)cc1C. The number of aliphatic hydroxyl groups excluding tert-OH is 1. The fourth-order valence-corrected chi connectivity index (χ4v) is 5.93. The molecule has 0 spiro atoms. The molecule has 11 heteroatoms. The van der Waals surface area contributed by atoms with Crippen molar-refractivity contribution in [1.29, 1.82) is 0 Å². The number of esters is 1. The molecule has 9 nitrogen and oxygen atoms in total. The van der Waals surface area contributed by atoms with E-state index in [1.54, 1.807) is 30.6 Å². The molecule has 0 bridgehead atoms. The predicted molar refractivity (Wildman–Crippen MR) is 113 cm³/mol. The molecule has 164 valence electrons. The molecule has 1 N–H and O–H groups in total. The van der Waals surface area contributed by atoms with E-state index in [-0.39, 0.29) is 35.7 Å². The highest BCUT2D eigenvalue weighted by Gasteiger charge is 2.44. The summed E-state index contributed by atoms with van der Waals surface area (Å²) in [5.41, 5.74) is 1.72. The molecular weight excluding hydrogens is 442 g/mol. The number of nitrogens with zero attached hydrogens (tertiary/aromatic N) is 3. The van der Waals surface area contributed by atoms with Crippen LogP contribution >= 0.6 is 11.3 Å². The van der Waals surface area contributed by atoms with Gasteiger partial charge in [0.05, 0.1) is 16.7 Å². The van der Waals surface area contributed by atoms with E-state index in [1.807, 2.05) is 6.92 Å². The van der Waals surface area contributed by atoms with E-state index in [0.717, 1.165) is 15.4 Å². The molecule has 1 aliphatic heterocycles. The van der Waals surface area contributed by atoms with Crippen molar-refractivity contribution in [1.82, 2.24) is 13.7 Å². The molecule has 1 unspecified atom stereocenters. The van der Waals surface area contributed by atoms with E-state index in [1.165, 1.54) is 27.9 Å². The molecule has 31 heavy (non-hydrogen) atoms. The van der Waals surface area contributed by atoms with Gasteiger partial charge in [0.15, 0.2) is 4.96 Å². The van der Waals surface area contributed by atoms with Gasteiger partial charge in [0, 0.05) is 30.6 Å². The maximum absolute atomic E-state index is 13.1. The predicted octanol–water partition coefficient (Wildman–Crippen LogP) is 1.24. The number of aliphatic hydroxyl groups is 1. The molecule has 1 aromatic carbocycles.